The maximum Gasteiger partial charge on any atom is 0.280 e. The normalized spacial score (nSPS) is 11.1. The summed E-state index contributed by atoms with van der Waals surface area (Å²) in [5.74, 6) is 0. The molecule has 2 rings (SSSR count). The minimum Gasteiger partial charge on any atom is -0.336 e. The van der Waals surface area contributed by atoms with Gasteiger partial charge >= 0.3 is 0 Å². The van der Waals surface area contributed by atoms with Gasteiger partial charge < -0.3 is 4.57 Å². The standard InChI is InChI=1S/C13H14N4O2S/c1-3-17-8-13(15-9-17)20(18,19)16-12-6-11(7-14)5-4-10(12)2/h4-6,8-9,16H,3H2,1-2H3. The Morgan fingerprint density at radius 3 is 2.80 bits per heavy atom. The number of aromatic nitrogens is 2. The van der Waals surface area contributed by atoms with Gasteiger partial charge in [0.2, 0.25) is 0 Å². The number of nitrogens with one attached hydrogen (secondary N) is 1. The third-order valence-corrected chi connectivity index (χ3v) is 4.11. The molecule has 6 nitrogen and oxygen atoms in total. The molecule has 0 atom stereocenters. The van der Waals surface area contributed by atoms with Crippen LogP contribution in [-0.2, 0) is 16.6 Å². The predicted octanol–water partition coefficient (Wildman–Crippen LogP) is 1.88. The van der Waals surface area contributed by atoms with Crippen molar-refractivity contribution in [2.75, 3.05) is 4.72 Å². The average molecular weight is 290 g/mol. The molecule has 0 saturated carbocycles. The molecule has 0 bridgehead atoms. The smallest absolute Gasteiger partial charge is 0.280 e. The monoisotopic (exact) mass is 290 g/mol. The Kier molecular flexibility index (Phi) is 3.77. The fourth-order valence-corrected chi connectivity index (χ4v) is 2.72. The molecule has 0 aliphatic carbocycles. The number of sulfonamides is 1. The quantitative estimate of drug-likeness (QED) is 0.931. The summed E-state index contributed by atoms with van der Waals surface area (Å²) >= 11 is 0. The van der Waals surface area contributed by atoms with Crippen LogP contribution in [-0.4, -0.2) is 18.0 Å². The Balaban J connectivity index is 2.35. The van der Waals surface area contributed by atoms with Gasteiger partial charge in [-0.05, 0) is 31.5 Å². The predicted molar refractivity (Wildman–Crippen MR) is 74.6 cm³/mol. The molecule has 0 aliphatic rings. The van der Waals surface area contributed by atoms with Crippen LogP contribution in [0.4, 0.5) is 5.69 Å². The van der Waals surface area contributed by atoms with E-state index in [1.807, 2.05) is 13.0 Å². The van der Waals surface area contributed by atoms with E-state index in [-0.39, 0.29) is 5.03 Å². The van der Waals surface area contributed by atoms with Crippen molar-refractivity contribution in [2.45, 2.75) is 25.4 Å². The van der Waals surface area contributed by atoms with Crippen molar-refractivity contribution in [3.63, 3.8) is 0 Å². The minimum absolute atomic E-state index is 0.0406. The number of anilines is 1. The summed E-state index contributed by atoms with van der Waals surface area (Å²) in [6, 6.07) is 6.82. The summed E-state index contributed by atoms with van der Waals surface area (Å²) in [5.41, 5.74) is 1.52. The summed E-state index contributed by atoms with van der Waals surface area (Å²) < 4.78 is 28.6. The molecule has 0 amide bonds. The largest absolute Gasteiger partial charge is 0.336 e. The van der Waals surface area contributed by atoms with Crippen LogP contribution in [0, 0.1) is 18.3 Å². The number of hydrogen-bond donors (Lipinski definition) is 1. The van der Waals surface area contributed by atoms with Crippen LogP contribution in [0.15, 0.2) is 35.7 Å². The first-order valence-electron chi connectivity index (χ1n) is 6.01. The second-order valence-electron chi connectivity index (χ2n) is 4.29. The van der Waals surface area contributed by atoms with Crippen molar-refractivity contribution in [3.8, 4) is 6.07 Å². The maximum atomic E-state index is 12.2. The lowest BCUT2D eigenvalue weighted by Crippen LogP contribution is -2.14. The number of hydrogen-bond acceptors (Lipinski definition) is 4. The van der Waals surface area contributed by atoms with E-state index in [2.05, 4.69) is 9.71 Å². The topological polar surface area (TPSA) is 87.8 Å². The number of nitrogens with zero attached hydrogens (tertiary/aromatic N) is 3. The van der Waals surface area contributed by atoms with E-state index in [1.54, 1.807) is 23.6 Å². The number of rotatable bonds is 4. The molecule has 2 aromatic rings. The summed E-state index contributed by atoms with van der Waals surface area (Å²) in [6.07, 6.45) is 2.93. The van der Waals surface area contributed by atoms with Gasteiger partial charge in [-0.3, -0.25) is 4.72 Å². The Hall–Kier alpha value is -2.33. The molecule has 0 radical (unpaired) electrons. The second kappa shape index (κ2) is 5.35. The Morgan fingerprint density at radius 1 is 1.45 bits per heavy atom. The van der Waals surface area contributed by atoms with Crippen molar-refractivity contribution in [1.29, 1.82) is 5.26 Å². The van der Waals surface area contributed by atoms with E-state index in [4.69, 9.17) is 5.26 Å². The van der Waals surface area contributed by atoms with Crippen LogP contribution >= 0.6 is 0 Å². The van der Waals surface area contributed by atoms with Gasteiger partial charge in [0.15, 0.2) is 5.03 Å². The third-order valence-electron chi connectivity index (χ3n) is 2.86. The zero-order valence-electron chi connectivity index (χ0n) is 11.2. The molecule has 1 heterocycles. The molecule has 104 valence electrons. The van der Waals surface area contributed by atoms with E-state index in [9.17, 15) is 8.42 Å². The lowest BCUT2D eigenvalue weighted by atomic mass is 10.1. The third kappa shape index (κ3) is 2.81. The molecule has 0 fully saturated rings. The van der Waals surface area contributed by atoms with Crippen LogP contribution in [0.25, 0.3) is 0 Å². The lowest BCUT2D eigenvalue weighted by molar-refractivity contribution is 0.598. The van der Waals surface area contributed by atoms with Crippen LogP contribution in [0.1, 0.15) is 18.1 Å². The highest BCUT2D eigenvalue weighted by Gasteiger charge is 2.18. The summed E-state index contributed by atoms with van der Waals surface area (Å²) in [6.45, 7) is 4.31. The SMILES string of the molecule is CCn1cnc(S(=O)(=O)Nc2cc(C#N)ccc2C)c1. The molecule has 1 aromatic heterocycles. The molecular weight excluding hydrogens is 276 g/mol. The molecule has 7 heteroatoms. The maximum absolute atomic E-state index is 12.2. The van der Waals surface area contributed by atoms with Gasteiger partial charge in [0, 0.05) is 12.7 Å². The first-order valence-corrected chi connectivity index (χ1v) is 7.50. The molecule has 1 aromatic carbocycles. The van der Waals surface area contributed by atoms with Crippen LogP contribution < -0.4 is 4.72 Å². The van der Waals surface area contributed by atoms with Crippen molar-refractivity contribution in [1.82, 2.24) is 9.55 Å². The van der Waals surface area contributed by atoms with Crippen molar-refractivity contribution in [2.24, 2.45) is 0 Å². The van der Waals surface area contributed by atoms with Gasteiger partial charge in [-0.15, -0.1) is 0 Å². The van der Waals surface area contributed by atoms with Crippen LogP contribution in [0.5, 0.6) is 0 Å². The highest BCUT2D eigenvalue weighted by molar-refractivity contribution is 7.92. The molecule has 0 spiro atoms. The Morgan fingerprint density at radius 2 is 2.20 bits per heavy atom. The van der Waals surface area contributed by atoms with Crippen LogP contribution in [0.2, 0.25) is 0 Å². The lowest BCUT2D eigenvalue weighted by Gasteiger charge is -2.09. The van der Waals surface area contributed by atoms with Gasteiger partial charge in [0.05, 0.1) is 23.6 Å². The highest BCUT2D eigenvalue weighted by Crippen LogP contribution is 2.20. The number of aryl methyl sites for hydroxylation is 2. The molecule has 20 heavy (non-hydrogen) atoms. The Labute approximate surface area is 117 Å². The second-order valence-corrected chi connectivity index (χ2v) is 5.92. The first kappa shape index (κ1) is 14.1. The summed E-state index contributed by atoms with van der Waals surface area (Å²) in [5, 5.41) is 8.82. The average Bonchev–Trinajstić information content (AvgIpc) is 2.91. The van der Waals surface area contributed by atoms with Gasteiger partial charge in [-0.2, -0.15) is 13.7 Å². The fourth-order valence-electron chi connectivity index (χ4n) is 1.65. The van der Waals surface area contributed by atoms with Gasteiger partial charge in [-0.25, -0.2) is 4.98 Å². The van der Waals surface area contributed by atoms with Crippen molar-refractivity contribution < 1.29 is 8.42 Å². The van der Waals surface area contributed by atoms with E-state index >= 15 is 0 Å². The number of imidazole rings is 1. The van der Waals surface area contributed by atoms with Gasteiger partial charge in [0.25, 0.3) is 10.0 Å². The number of benzene rings is 1. The zero-order chi connectivity index (χ0) is 14.8. The molecule has 1 N–H and O–H groups in total. The summed E-state index contributed by atoms with van der Waals surface area (Å²) in [4.78, 5) is 3.87. The molecule has 0 unspecified atom stereocenters. The van der Waals surface area contributed by atoms with E-state index < -0.39 is 10.0 Å². The van der Waals surface area contributed by atoms with Gasteiger partial charge in [0.1, 0.15) is 0 Å². The fraction of sp³-hybridized carbons (Fsp3) is 0.231. The first-order chi connectivity index (χ1) is 9.46. The van der Waals surface area contributed by atoms with Crippen molar-refractivity contribution in [3.05, 3.63) is 41.9 Å². The molecule has 0 saturated heterocycles. The summed E-state index contributed by atoms with van der Waals surface area (Å²) in [7, 11) is -3.74. The van der Waals surface area contributed by atoms with E-state index in [0.717, 1.165) is 5.56 Å². The van der Waals surface area contributed by atoms with E-state index in [0.29, 0.717) is 17.8 Å². The molecule has 0 aliphatic heterocycles. The van der Waals surface area contributed by atoms with E-state index in [1.165, 1.54) is 18.6 Å². The highest BCUT2D eigenvalue weighted by atomic mass is 32.2. The molecular formula is C13H14N4O2S. The minimum atomic E-state index is -3.74. The van der Waals surface area contributed by atoms with Gasteiger partial charge in [-0.1, -0.05) is 6.07 Å². The zero-order valence-corrected chi connectivity index (χ0v) is 12.0. The Bertz CT molecular complexity index is 772. The van der Waals surface area contributed by atoms with Crippen molar-refractivity contribution >= 4 is 15.7 Å². The van der Waals surface area contributed by atoms with Crippen LogP contribution in [0.3, 0.4) is 0 Å². The number of nitriles is 1.